The Kier molecular flexibility index (Phi) is 0.564. The zero-order valence-electron chi connectivity index (χ0n) is 5.85. The Hall–Kier alpha value is -0.260. The molecule has 1 saturated carbocycles. The van der Waals surface area contributed by atoms with Gasteiger partial charge in [0.05, 0.1) is 0 Å². The summed E-state index contributed by atoms with van der Waals surface area (Å²) in [5.74, 6) is 3.25. The van der Waals surface area contributed by atoms with Crippen LogP contribution in [-0.4, -0.2) is 0 Å². The van der Waals surface area contributed by atoms with E-state index in [4.69, 9.17) is 0 Å². The Labute approximate surface area is 56.0 Å². The van der Waals surface area contributed by atoms with Gasteiger partial charge >= 0.3 is 0 Å². The molecule has 0 spiro atoms. The van der Waals surface area contributed by atoms with Gasteiger partial charge in [-0.2, -0.15) is 0 Å². The highest BCUT2D eigenvalue weighted by Gasteiger charge is 2.51. The van der Waals surface area contributed by atoms with E-state index >= 15 is 0 Å². The van der Waals surface area contributed by atoms with Crippen molar-refractivity contribution in [2.24, 2.45) is 17.8 Å². The van der Waals surface area contributed by atoms with Crippen molar-refractivity contribution >= 4 is 0 Å². The maximum Gasteiger partial charge on any atom is -0.00997 e. The third kappa shape index (κ3) is 0.385. The van der Waals surface area contributed by atoms with Crippen molar-refractivity contribution in [3.63, 3.8) is 0 Å². The van der Waals surface area contributed by atoms with E-state index in [9.17, 15) is 0 Å². The molecular formula is C9H12. The van der Waals surface area contributed by atoms with Crippen LogP contribution in [0.3, 0.4) is 0 Å². The molecule has 3 aliphatic rings. The molecular weight excluding hydrogens is 108 g/mol. The molecule has 0 amide bonds. The van der Waals surface area contributed by atoms with Gasteiger partial charge in [-0.25, -0.2) is 0 Å². The predicted octanol–water partition coefficient (Wildman–Crippen LogP) is 2.36. The summed E-state index contributed by atoms with van der Waals surface area (Å²) in [6, 6.07) is 0. The van der Waals surface area contributed by atoms with Gasteiger partial charge < -0.3 is 0 Å². The summed E-state index contributed by atoms with van der Waals surface area (Å²) < 4.78 is 0. The average Bonchev–Trinajstić information content (AvgIpc) is 2.42. The van der Waals surface area contributed by atoms with E-state index < -0.39 is 0 Å². The van der Waals surface area contributed by atoms with Crippen LogP contribution in [0.4, 0.5) is 0 Å². The Morgan fingerprint density at radius 3 is 2.89 bits per heavy atom. The fraction of sp³-hybridized carbons (Fsp3) is 0.778. The lowest BCUT2D eigenvalue weighted by Gasteiger charge is -2.40. The van der Waals surface area contributed by atoms with Crippen molar-refractivity contribution in [2.75, 3.05) is 0 Å². The molecule has 1 fully saturated rings. The Bertz CT molecular complexity index is 200. The van der Waals surface area contributed by atoms with E-state index in [0.717, 1.165) is 17.8 Å². The number of fused-ring (bicyclic) bond motifs is 2. The molecule has 3 aliphatic carbocycles. The fourth-order valence-electron chi connectivity index (χ4n) is 2.94. The molecule has 0 bridgehead atoms. The van der Waals surface area contributed by atoms with Crippen LogP contribution in [0.15, 0.2) is 11.1 Å². The van der Waals surface area contributed by atoms with Crippen LogP contribution >= 0.6 is 0 Å². The number of allylic oxidation sites excluding steroid dienone is 2. The summed E-state index contributed by atoms with van der Waals surface area (Å²) >= 11 is 0. The van der Waals surface area contributed by atoms with E-state index in [1.807, 2.05) is 11.1 Å². The highest BCUT2D eigenvalue weighted by Crippen LogP contribution is 2.62. The molecule has 2 unspecified atom stereocenters. The van der Waals surface area contributed by atoms with Crippen LogP contribution in [0.1, 0.15) is 26.2 Å². The first-order chi connectivity index (χ1) is 4.36. The summed E-state index contributed by atoms with van der Waals surface area (Å²) in [4.78, 5) is 0. The van der Waals surface area contributed by atoms with Gasteiger partial charge in [0.2, 0.25) is 0 Å². The molecule has 48 valence electrons. The molecule has 0 aliphatic heterocycles. The molecule has 9 heavy (non-hydrogen) atoms. The Morgan fingerprint density at radius 1 is 1.44 bits per heavy atom. The van der Waals surface area contributed by atoms with E-state index in [-0.39, 0.29) is 0 Å². The molecule has 0 N–H and O–H groups in total. The second kappa shape index (κ2) is 1.12. The van der Waals surface area contributed by atoms with Crippen molar-refractivity contribution in [1.29, 1.82) is 0 Å². The molecule has 0 aromatic carbocycles. The summed E-state index contributed by atoms with van der Waals surface area (Å²) in [6.45, 7) is 2.41. The first kappa shape index (κ1) is 4.54. The van der Waals surface area contributed by atoms with Gasteiger partial charge in [0, 0.05) is 0 Å². The van der Waals surface area contributed by atoms with Gasteiger partial charge in [-0.3, -0.25) is 0 Å². The van der Waals surface area contributed by atoms with Crippen LogP contribution < -0.4 is 0 Å². The van der Waals surface area contributed by atoms with Crippen molar-refractivity contribution in [2.45, 2.75) is 26.2 Å². The second-order valence-electron chi connectivity index (χ2n) is 4.01. The summed E-state index contributed by atoms with van der Waals surface area (Å²) in [5, 5.41) is 0. The SMILES string of the molecule is C[C@H]1CC2CC3=C(C3)C21. The third-order valence-electron chi connectivity index (χ3n) is 3.44. The molecule has 0 saturated heterocycles. The first-order valence-corrected chi connectivity index (χ1v) is 4.07. The normalized spacial score (nSPS) is 52.3. The Morgan fingerprint density at radius 2 is 2.33 bits per heavy atom. The van der Waals surface area contributed by atoms with Crippen molar-refractivity contribution in [3.05, 3.63) is 11.1 Å². The van der Waals surface area contributed by atoms with Crippen LogP contribution in [0.2, 0.25) is 0 Å². The standard InChI is InChI=1S/C9H12/c1-5-2-7-3-6-4-8(6)9(5)7/h5,7,9H,2-4H2,1H3/t5-,7?,9?/m0/s1. The molecule has 0 aromatic heterocycles. The van der Waals surface area contributed by atoms with Crippen LogP contribution in [0.5, 0.6) is 0 Å². The maximum absolute atomic E-state index is 2.41. The van der Waals surface area contributed by atoms with E-state index in [2.05, 4.69) is 6.92 Å². The van der Waals surface area contributed by atoms with Crippen LogP contribution in [0, 0.1) is 17.8 Å². The summed E-state index contributed by atoms with van der Waals surface area (Å²) in [6.07, 6.45) is 4.45. The lowest BCUT2D eigenvalue weighted by atomic mass is 9.64. The van der Waals surface area contributed by atoms with Crippen molar-refractivity contribution in [3.8, 4) is 0 Å². The maximum atomic E-state index is 2.41. The molecule has 0 heteroatoms. The molecule has 0 radical (unpaired) electrons. The van der Waals surface area contributed by atoms with Crippen LogP contribution in [-0.2, 0) is 0 Å². The predicted molar refractivity (Wildman–Crippen MR) is 37.0 cm³/mol. The fourth-order valence-corrected chi connectivity index (χ4v) is 2.94. The summed E-state index contributed by atoms with van der Waals surface area (Å²) in [5.41, 5.74) is 3.72. The molecule has 0 heterocycles. The minimum Gasteiger partial charge on any atom is -0.0660 e. The van der Waals surface area contributed by atoms with Gasteiger partial charge in [-0.05, 0) is 37.0 Å². The average molecular weight is 120 g/mol. The molecule has 0 nitrogen and oxygen atoms in total. The van der Waals surface area contributed by atoms with Gasteiger partial charge in [0.1, 0.15) is 0 Å². The van der Waals surface area contributed by atoms with E-state index in [1.54, 1.807) is 0 Å². The van der Waals surface area contributed by atoms with Crippen molar-refractivity contribution in [1.82, 2.24) is 0 Å². The minimum atomic E-state index is 1.05. The van der Waals surface area contributed by atoms with Crippen LogP contribution in [0.25, 0.3) is 0 Å². The molecule has 3 atom stereocenters. The number of hydrogen-bond donors (Lipinski definition) is 0. The topological polar surface area (TPSA) is 0 Å². The number of rotatable bonds is 0. The van der Waals surface area contributed by atoms with Gasteiger partial charge in [-0.1, -0.05) is 18.1 Å². The second-order valence-corrected chi connectivity index (χ2v) is 4.01. The monoisotopic (exact) mass is 120 g/mol. The first-order valence-electron chi connectivity index (χ1n) is 4.07. The smallest absolute Gasteiger partial charge is 0.00997 e. The lowest BCUT2D eigenvalue weighted by Crippen LogP contribution is -2.32. The highest BCUT2D eigenvalue weighted by molar-refractivity contribution is 5.44. The number of hydrogen-bond acceptors (Lipinski definition) is 0. The van der Waals surface area contributed by atoms with E-state index in [0.29, 0.717) is 0 Å². The zero-order chi connectivity index (χ0) is 6.01. The summed E-state index contributed by atoms with van der Waals surface area (Å²) in [7, 11) is 0. The van der Waals surface area contributed by atoms with Gasteiger partial charge in [0.25, 0.3) is 0 Å². The molecule has 0 aromatic rings. The zero-order valence-corrected chi connectivity index (χ0v) is 5.85. The van der Waals surface area contributed by atoms with Gasteiger partial charge in [0.15, 0.2) is 0 Å². The van der Waals surface area contributed by atoms with Crippen molar-refractivity contribution < 1.29 is 0 Å². The highest BCUT2D eigenvalue weighted by atomic mass is 14.6. The molecule has 3 rings (SSSR count). The minimum absolute atomic E-state index is 1.05. The van der Waals surface area contributed by atoms with Gasteiger partial charge in [-0.15, -0.1) is 0 Å². The Balaban J connectivity index is 1.95. The van der Waals surface area contributed by atoms with E-state index in [1.165, 1.54) is 19.3 Å². The largest absolute Gasteiger partial charge is 0.0660 e. The quantitative estimate of drug-likeness (QED) is 0.430. The third-order valence-corrected chi connectivity index (χ3v) is 3.44. The lowest BCUT2D eigenvalue weighted by molar-refractivity contribution is 0.131.